The van der Waals surface area contributed by atoms with Crippen molar-refractivity contribution in [2.24, 2.45) is 0 Å². The highest BCUT2D eigenvalue weighted by Crippen LogP contribution is 2.30. The molecule has 38 heavy (non-hydrogen) atoms. The van der Waals surface area contributed by atoms with Crippen molar-refractivity contribution in [1.82, 2.24) is 15.1 Å². The molecule has 0 radical (unpaired) electrons. The van der Waals surface area contributed by atoms with Crippen molar-refractivity contribution >= 4 is 27.8 Å². The summed E-state index contributed by atoms with van der Waals surface area (Å²) < 4.78 is 28.8. The van der Waals surface area contributed by atoms with E-state index >= 15 is 0 Å². The number of nitrogens with one attached hydrogen (secondary N) is 1. The standard InChI is InChI=1S/C27H32N4O6S/c1-18(22-10-12-23(13-11-22)27(33)34)28-25(32)24-19(2)29-31-15-14-30(26(24)31)17-21-8-6-20(7-9-21)5-4-16-37-38(3,35)36/h6-13,18H,4-5,14-17H2,1-3H3,(H,28,32)(H,33,34)/t18-/m0/s1. The summed E-state index contributed by atoms with van der Waals surface area (Å²) in [7, 11) is -3.42. The van der Waals surface area contributed by atoms with Crippen molar-refractivity contribution in [1.29, 1.82) is 0 Å². The van der Waals surface area contributed by atoms with Gasteiger partial charge in [0, 0.05) is 13.1 Å². The van der Waals surface area contributed by atoms with E-state index in [4.69, 9.17) is 9.29 Å². The summed E-state index contributed by atoms with van der Waals surface area (Å²) in [6.07, 6.45) is 2.37. The minimum atomic E-state index is -3.42. The van der Waals surface area contributed by atoms with Crippen LogP contribution in [0.25, 0.3) is 0 Å². The molecule has 1 atom stereocenters. The number of fused-ring (bicyclic) bond motifs is 1. The van der Waals surface area contributed by atoms with Gasteiger partial charge in [0.25, 0.3) is 16.0 Å². The lowest BCUT2D eigenvalue weighted by molar-refractivity contribution is 0.0696. The van der Waals surface area contributed by atoms with Crippen LogP contribution in [0, 0.1) is 6.92 Å². The van der Waals surface area contributed by atoms with Crippen molar-refractivity contribution < 1.29 is 27.3 Å². The molecular formula is C27H32N4O6S. The third-order valence-corrected chi connectivity index (χ3v) is 7.11. The molecule has 11 heteroatoms. The van der Waals surface area contributed by atoms with E-state index in [1.54, 1.807) is 12.1 Å². The number of aromatic nitrogens is 2. The summed E-state index contributed by atoms with van der Waals surface area (Å²) in [6, 6.07) is 14.3. The number of aromatic carboxylic acids is 1. The Morgan fingerprint density at radius 2 is 1.74 bits per heavy atom. The van der Waals surface area contributed by atoms with Crippen molar-refractivity contribution in [3.8, 4) is 0 Å². The van der Waals surface area contributed by atoms with Gasteiger partial charge in [-0.05, 0) is 55.5 Å². The Labute approximate surface area is 222 Å². The topological polar surface area (TPSA) is 131 Å². The molecule has 1 aromatic heterocycles. The number of hydrogen-bond acceptors (Lipinski definition) is 7. The molecule has 10 nitrogen and oxygen atoms in total. The van der Waals surface area contributed by atoms with E-state index in [-0.39, 0.29) is 24.1 Å². The zero-order chi connectivity index (χ0) is 27.4. The molecule has 0 bridgehead atoms. The quantitative estimate of drug-likeness (QED) is 0.280. The molecule has 0 saturated carbocycles. The van der Waals surface area contributed by atoms with Crippen LogP contribution < -0.4 is 10.2 Å². The van der Waals surface area contributed by atoms with E-state index in [0.717, 1.165) is 35.3 Å². The molecule has 0 saturated heterocycles. The van der Waals surface area contributed by atoms with E-state index in [9.17, 15) is 18.0 Å². The van der Waals surface area contributed by atoms with Crippen LogP contribution in [0.15, 0.2) is 48.5 Å². The Kier molecular flexibility index (Phi) is 8.17. The average Bonchev–Trinajstić information content (AvgIpc) is 3.40. The van der Waals surface area contributed by atoms with Crippen molar-refractivity contribution in [3.05, 3.63) is 82.0 Å². The van der Waals surface area contributed by atoms with Crippen molar-refractivity contribution in [3.63, 3.8) is 0 Å². The van der Waals surface area contributed by atoms with Gasteiger partial charge in [-0.3, -0.25) is 8.98 Å². The number of aryl methyl sites for hydroxylation is 2. The van der Waals surface area contributed by atoms with E-state index in [1.165, 1.54) is 12.1 Å². The molecule has 0 aliphatic carbocycles. The van der Waals surface area contributed by atoms with Gasteiger partial charge in [0.2, 0.25) is 0 Å². The molecule has 0 unspecified atom stereocenters. The number of hydrogen-bond donors (Lipinski definition) is 2. The number of carbonyl (C=O) groups excluding carboxylic acids is 1. The first-order chi connectivity index (χ1) is 18.0. The van der Waals surface area contributed by atoms with Crippen LogP contribution in [0.1, 0.15) is 62.5 Å². The Balaban J connectivity index is 1.41. The van der Waals surface area contributed by atoms with E-state index in [1.807, 2.05) is 42.8 Å². The maximum absolute atomic E-state index is 13.3. The molecule has 2 heterocycles. The van der Waals surface area contributed by atoms with Crippen LogP contribution >= 0.6 is 0 Å². The summed E-state index contributed by atoms with van der Waals surface area (Å²) in [5.41, 5.74) is 4.39. The summed E-state index contributed by atoms with van der Waals surface area (Å²) in [6.45, 7) is 5.89. The lowest BCUT2D eigenvalue weighted by atomic mass is 10.1. The normalized spacial score (nSPS) is 13.8. The van der Waals surface area contributed by atoms with Gasteiger partial charge < -0.3 is 15.3 Å². The lowest BCUT2D eigenvalue weighted by Gasteiger charge is -2.20. The maximum atomic E-state index is 13.3. The second-order valence-electron chi connectivity index (χ2n) is 9.50. The van der Waals surface area contributed by atoms with Crippen molar-refractivity contribution in [2.45, 2.75) is 45.8 Å². The second-order valence-corrected chi connectivity index (χ2v) is 11.1. The first-order valence-corrected chi connectivity index (χ1v) is 14.2. The highest BCUT2D eigenvalue weighted by molar-refractivity contribution is 7.85. The number of anilines is 1. The fraction of sp³-hybridized carbons (Fsp3) is 0.370. The Bertz CT molecular complexity index is 1410. The van der Waals surface area contributed by atoms with Gasteiger partial charge in [-0.25, -0.2) is 9.48 Å². The smallest absolute Gasteiger partial charge is 0.335 e. The minimum absolute atomic E-state index is 0.162. The molecule has 1 aliphatic heterocycles. The largest absolute Gasteiger partial charge is 0.478 e. The first-order valence-electron chi connectivity index (χ1n) is 12.4. The number of nitrogens with zero attached hydrogens (tertiary/aromatic N) is 3. The molecular weight excluding hydrogens is 508 g/mol. The molecule has 4 rings (SSSR count). The van der Waals surface area contributed by atoms with Crippen molar-refractivity contribution in [2.75, 3.05) is 24.3 Å². The van der Waals surface area contributed by atoms with Gasteiger partial charge >= 0.3 is 5.97 Å². The fourth-order valence-electron chi connectivity index (χ4n) is 4.57. The van der Waals surface area contributed by atoms with Crippen LogP contribution in [0.2, 0.25) is 0 Å². The molecule has 1 amide bonds. The Hall–Kier alpha value is -3.70. The first kappa shape index (κ1) is 27.3. The van der Waals surface area contributed by atoms with E-state index < -0.39 is 16.1 Å². The minimum Gasteiger partial charge on any atom is -0.478 e. The molecule has 0 spiro atoms. The van der Waals surface area contributed by atoms with Gasteiger partial charge in [0.05, 0.1) is 36.7 Å². The second kappa shape index (κ2) is 11.4. The predicted molar refractivity (Wildman–Crippen MR) is 143 cm³/mol. The van der Waals surface area contributed by atoms with Crippen LogP contribution in [0.3, 0.4) is 0 Å². The van der Waals surface area contributed by atoms with E-state index in [2.05, 4.69) is 15.3 Å². The van der Waals surface area contributed by atoms with Gasteiger partial charge in [0.1, 0.15) is 11.4 Å². The van der Waals surface area contributed by atoms with Crippen LogP contribution in [0.5, 0.6) is 0 Å². The summed E-state index contributed by atoms with van der Waals surface area (Å²) >= 11 is 0. The van der Waals surface area contributed by atoms with Crippen LogP contribution in [0.4, 0.5) is 5.82 Å². The van der Waals surface area contributed by atoms with Gasteiger partial charge in [-0.1, -0.05) is 36.4 Å². The molecule has 3 aromatic rings. The number of benzene rings is 2. The molecule has 202 valence electrons. The highest BCUT2D eigenvalue weighted by Gasteiger charge is 2.30. The molecule has 1 aliphatic rings. The van der Waals surface area contributed by atoms with Crippen LogP contribution in [-0.4, -0.2) is 54.6 Å². The number of carboxylic acids is 1. The number of carbonyl (C=O) groups is 2. The molecule has 2 aromatic carbocycles. The number of amides is 1. The third kappa shape index (κ3) is 6.59. The summed E-state index contributed by atoms with van der Waals surface area (Å²) in [5.74, 6) is -0.430. The lowest BCUT2D eigenvalue weighted by Crippen LogP contribution is -2.29. The predicted octanol–water partition coefficient (Wildman–Crippen LogP) is 3.31. The van der Waals surface area contributed by atoms with Gasteiger partial charge in [-0.15, -0.1) is 0 Å². The maximum Gasteiger partial charge on any atom is 0.335 e. The van der Waals surface area contributed by atoms with E-state index in [0.29, 0.717) is 37.2 Å². The SMILES string of the molecule is Cc1nn2c(c1C(=O)N[C@@H](C)c1ccc(C(=O)O)cc1)N(Cc1ccc(CCCOS(C)(=O)=O)cc1)CC2. The molecule has 0 fully saturated rings. The number of rotatable bonds is 11. The zero-order valence-electron chi connectivity index (χ0n) is 21.7. The van der Waals surface area contributed by atoms with Crippen LogP contribution in [-0.2, 0) is 33.8 Å². The highest BCUT2D eigenvalue weighted by atomic mass is 32.2. The average molecular weight is 541 g/mol. The monoisotopic (exact) mass is 540 g/mol. The fourth-order valence-corrected chi connectivity index (χ4v) is 4.99. The summed E-state index contributed by atoms with van der Waals surface area (Å²) in [4.78, 5) is 26.6. The molecule has 2 N–H and O–H groups in total. The summed E-state index contributed by atoms with van der Waals surface area (Å²) in [5, 5.41) is 16.7. The van der Waals surface area contributed by atoms with Gasteiger partial charge in [0.15, 0.2) is 0 Å². The number of carboxylic acid groups (broad SMARTS) is 1. The zero-order valence-corrected chi connectivity index (χ0v) is 22.5. The Morgan fingerprint density at radius 1 is 1.08 bits per heavy atom. The van der Waals surface area contributed by atoms with Gasteiger partial charge in [-0.2, -0.15) is 13.5 Å². The third-order valence-electron chi connectivity index (χ3n) is 6.52. The Morgan fingerprint density at radius 3 is 2.37 bits per heavy atom.